The van der Waals surface area contributed by atoms with Crippen LogP contribution in [0.15, 0.2) is 72.8 Å². The van der Waals surface area contributed by atoms with Crippen molar-refractivity contribution in [3.63, 3.8) is 0 Å². The Morgan fingerprint density at radius 1 is 0.909 bits per heavy atom. The van der Waals surface area contributed by atoms with Crippen LogP contribution in [0.4, 0.5) is 10.5 Å². The molecule has 1 atom stereocenters. The lowest BCUT2D eigenvalue weighted by molar-refractivity contribution is 0.0165. The van der Waals surface area contributed by atoms with Crippen LogP contribution in [0.1, 0.15) is 63.6 Å². The summed E-state index contributed by atoms with van der Waals surface area (Å²) in [6.07, 6.45) is -0.786. The maximum absolute atomic E-state index is 13.5. The summed E-state index contributed by atoms with van der Waals surface area (Å²) < 4.78 is 17.6. The van der Waals surface area contributed by atoms with Gasteiger partial charge >= 0.3 is 12.1 Å². The van der Waals surface area contributed by atoms with Gasteiger partial charge in [0.15, 0.2) is 8.32 Å². The minimum Gasteiger partial charge on any atom is -0.465 e. The van der Waals surface area contributed by atoms with Gasteiger partial charge in [0.1, 0.15) is 5.60 Å². The van der Waals surface area contributed by atoms with E-state index in [9.17, 15) is 9.59 Å². The van der Waals surface area contributed by atoms with Crippen molar-refractivity contribution in [2.24, 2.45) is 0 Å². The largest absolute Gasteiger partial charge is 0.465 e. The molecule has 3 aromatic carbocycles. The van der Waals surface area contributed by atoms with E-state index in [4.69, 9.17) is 25.5 Å². The van der Waals surface area contributed by atoms with Crippen molar-refractivity contribution in [3.05, 3.63) is 88.9 Å². The van der Waals surface area contributed by atoms with Gasteiger partial charge in [0.2, 0.25) is 0 Å². The van der Waals surface area contributed by atoms with Crippen LogP contribution in [0, 0.1) is 0 Å². The predicted molar refractivity (Wildman–Crippen MR) is 182 cm³/mol. The number of carbonyl (C=O) groups is 2. The molecule has 0 radical (unpaired) electrons. The molecule has 0 saturated heterocycles. The molecule has 0 aliphatic heterocycles. The zero-order chi connectivity index (χ0) is 32.7. The first-order valence-electron chi connectivity index (χ1n) is 14.9. The van der Waals surface area contributed by atoms with Gasteiger partial charge in [0.05, 0.1) is 25.3 Å². The van der Waals surface area contributed by atoms with Crippen LogP contribution in [-0.2, 0) is 13.9 Å². The molecule has 7 nitrogen and oxygen atoms in total. The Balaban J connectivity index is 1.84. The third-order valence-corrected chi connectivity index (χ3v) is 12.4. The standard InChI is InChI=1S/C35H47ClN2O5Si/c1-34(2,3)42-33(40)38(24-31(27-15-11-17-29(36)22-27)43-44(8,9)35(4,5)6)20-19-37-30-18-12-14-26(23-30)25-13-10-16-28(21-25)32(39)41-7/h10-18,21-23,31,37H,19-20,24H2,1-9H3. The topological polar surface area (TPSA) is 77.1 Å². The SMILES string of the molecule is COC(=O)c1cccc(-c2cccc(NCCN(CC(O[Si](C)(C)C(C)(C)C)c3cccc(Cl)c3)C(=O)OC(C)(C)C)c2)c1. The molecule has 3 aromatic rings. The van der Waals surface area contributed by atoms with Crippen LogP contribution in [0.3, 0.4) is 0 Å². The Kier molecular flexibility index (Phi) is 11.7. The minimum absolute atomic E-state index is 0.0243. The molecule has 0 aliphatic carbocycles. The van der Waals surface area contributed by atoms with Gasteiger partial charge in [-0.15, -0.1) is 0 Å². The van der Waals surface area contributed by atoms with Gasteiger partial charge in [0.25, 0.3) is 0 Å². The summed E-state index contributed by atoms with van der Waals surface area (Å²) in [5, 5.41) is 4.05. The average molecular weight is 639 g/mol. The lowest BCUT2D eigenvalue weighted by Crippen LogP contribution is -2.46. The van der Waals surface area contributed by atoms with Crippen molar-refractivity contribution in [2.75, 3.05) is 32.1 Å². The van der Waals surface area contributed by atoms with Crippen LogP contribution in [0.5, 0.6) is 0 Å². The van der Waals surface area contributed by atoms with Crippen molar-refractivity contribution in [1.82, 2.24) is 4.90 Å². The zero-order valence-corrected chi connectivity index (χ0v) is 29.2. The van der Waals surface area contributed by atoms with E-state index in [1.807, 2.05) is 87.5 Å². The molecule has 1 unspecified atom stereocenters. The molecule has 1 N–H and O–H groups in total. The zero-order valence-electron chi connectivity index (χ0n) is 27.5. The highest BCUT2D eigenvalue weighted by molar-refractivity contribution is 6.74. The van der Waals surface area contributed by atoms with Gasteiger partial charge in [-0.25, -0.2) is 9.59 Å². The second-order valence-corrected chi connectivity index (χ2v) is 18.6. The van der Waals surface area contributed by atoms with E-state index < -0.39 is 20.0 Å². The summed E-state index contributed by atoms with van der Waals surface area (Å²) in [5.74, 6) is -0.378. The van der Waals surface area contributed by atoms with Crippen LogP contribution < -0.4 is 5.32 Å². The molecule has 9 heteroatoms. The van der Waals surface area contributed by atoms with Crippen molar-refractivity contribution in [3.8, 4) is 11.1 Å². The number of halogens is 1. The van der Waals surface area contributed by atoms with Gasteiger partial charge < -0.3 is 24.1 Å². The van der Waals surface area contributed by atoms with Crippen molar-refractivity contribution < 1.29 is 23.5 Å². The highest BCUT2D eigenvalue weighted by Crippen LogP contribution is 2.40. The van der Waals surface area contributed by atoms with Crippen molar-refractivity contribution in [1.29, 1.82) is 0 Å². The number of benzene rings is 3. The number of ether oxygens (including phenoxy) is 2. The summed E-state index contributed by atoms with van der Waals surface area (Å²) in [4.78, 5) is 27.3. The molecule has 0 heterocycles. The quantitative estimate of drug-likeness (QED) is 0.167. The fraction of sp³-hybridized carbons (Fsp3) is 0.429. The third kappa shape index (κ3) is 10.1. The average Bonchev–Trinajstić information content (AvgIpc) is 2.94. The monoisotopic (exact) mass is 638 g/mol. The van der Waals surface area contributed by atoms with E-state index in [2.05, 4.69) is 39.2 Å². The summed E-state index contributed by atoms with van der Waals surface area (Å²) in [7, 11) is -0.847. The minimum atomic E-state index is -2.22. The third-order valence-electron chi connectivity index (χ3n) is 7.69. The number of amides is 1. The van der Waals surface area contributed by atoms with Gasteiger partial charge in [-0.05, 0) is 92.0 Å². The predicted octanol–water partition coefficient (Wildman–Crippen LogP) is 9.21. The first-order chi connectivity index (χ1) is 20.5. The normalized spacial score (nSPS) is 12.8. The Hall–Kier alpha value is -3.33. The second-order valence-electron chi connectivity index (χ2n) is 13.4. The Morgan fingerprint density at radius 2 is 1.55 bits per heavy atom. The number of methoxy groups -OCH3 is 1. The number of hydrogen-bond acceptors (Lipinski definition) is 6. The maximum Gasteiger partial charge on any atom is 0.410 e. The van der Waals surface area contributed by atoms with Crippen LogP contribution >= 0.6 is 11.6 Å². The first-order valence-corrected chi connectivity index (χ1v) is 18.2. The highest BCUT2D eigenvalue weighted by Gasteiger charge is 2.40. The van der Waals surface area contributed by atoms with Gasteiger partial charge in [-0.1, -0.05) is 68.8 Å². The number of carbonyl (C=O) groups excluding carboxylic acids is 2. The molecule has 0 spiro atoms. The maximum atomic E-state index is 13.5. The van der Waals surface area contributed by atoms with Gasteiger partial charge in [-0.2, -0.15) is 0 Å². The van der Waals surface area contributed by atoms with Crippen LogP contribution in [-0.4, -0.2) is 57.6 Å². The van der Waals surface area contributed by atoms with E-state index in [0.29, 0.717) is 30.2 Å². The fourth-order valence-electron chi connectivity index (χ4n) is 4.32. The highest BCUT2D eigenvalue weighted by atomic mass is 35.5. The molecular formula is C35H47ClN2O5Si. The summed E-state index contributed by atoms with van der Waals surface area (Å²) in [6, 6.07) is 22.9. The molecule has 0 saturated carbocycles. The molecule has 1 amide bonds. The van der Waals surface area contributed by atoms with Gasteiger partial charge in [0, 0.05) is 23.8 Å². The van der Waals surface area contributed by atoms with E-state index in [0.717, 1.165) is 22.4 Å². The van der Waals surface area contributed by atoms with E-state index in [1.165, 1.54) is 7.11 Å². The molecule has 0 aliphatic rings. The molecular weight excluding hydrogens is 592 g/mol. The van der Waals surface area contributed by atoms with Crippen LogP contribution in [0.25, 0.3) is 11.1 Å². The second kappa shape index (κ2) is 14.6. The molecule has 238 valence electrons. The van der Waals surface area contributed by atoms with Gasteiger partial charge in [-0.3, -0.25) is 0 Å². The summed E-state index contributed by atoms with van der Waals surface area (Å²) in [5.41, 5.74) is 3.50. The number of hydrogen-bond donors (Lipinski definition) is 1. The number of rotatable bonds is 11. The number of nitrogens with one attached hydrogen (secondary N) is 1. The smallest absolute Gasteiger partial charge is 0.410 e. The van der Waals surface area contributed by atoms with E-state index in [1.54, 1.807) is 11.0 Å². The number of esters is 1. The number of anilines is 1. The fourth-order valence-corrected chi connectivity index (χ4v) is 5.80. The summed E-state index contributed by atoms with van der Waals surface area (Å²) in [6.45, 7) is 17.8. The summed E-state index contributed by atoms with van der Waals surface area (Å²) >= 11 is 6.39. The lowest BCUT2D eigenvalue weighted by Gasteiger charge is -2.40. The molecule has 44 heavy (non-hydrogen) atoms. The number of nitrogens with zero attached hydrogens (tertiary/aromatic N) is 1. The molecule has 0 aromatic heterocycles. The van der Waals surface area contributed by atoms with E-state index >= 15 is 0 Å². The Labute approximate surface area is 269 Å². The van der Waals surface area contributed by atoms with E-state index in [-0.39, 0.29) is 17.1 Å². The Morgan fingerprint density at radius 3 is 2.16 bits per heavy atom. The molecule has 0 bridgehead atoms. The first kappa shape index (κ1) is 35.1. The Bertz CT molecular complexity index is 1430. The van der Waals surface area contributed by atoms with Crippen molar-refractivity contribution >= 4 is 37.7 Å². The molecule has 0 fully saturated rings. The van der Waals surface area contributed by atoms with Crippen molar-refractivity contribution in [2.45, 2.75) is 71.4 Å². The molecule has 3 rings (SSSR count). The van der Waals surface area contributed by atoms with Crippen LogP contribution in [0.2, 0.25) is 23.2 Å². The lowest BCUT2D eigenvalue weighted by atomic mass is 10.0.